The second-order valence-corrected chi connectivity index (χ2v) is 7.11. The predicted molar refractivity (Wildman–Crippen MR) is 97.7 cm³/mol. The van der Waals surface area contributed by atoms with Gasteiger partial charge < -0.3 is 15.2 Å². The molecule has 2 fully saturated rings. The van der Waals surface area contributed by atoms with Crippen molar-refractivity contribution in [1.29, 1.82) is 0 Å². The number of hydrogen-bond donors (Lipinski definition) is 2. The molecule has 2 amide bonds. The number of piperazine rings is 1. The van der Waals surface area contributed by atoms with Crippen molar-refractivity contribution in [3.8, 4) is 0 Å². The van der Waals surface area contributed by atoms with Gasteiger partial charge in [0, 0.05) is 38.8 Å². The second-order valence-electron chi connectivity index (χ2n) is 7.11. The summed E-state index contributed by atoms with van der Waals surface area (Å²) in [5.74, 6) is 1.23. The summed E-state index contributed by atoms with van der Waals surface area (Å²) in [4.78, 5) is 29.3. The standard InChI is InChI=1S/C18H29N5O3/c1-3-14(18(25)20-16-12-13(2)26-21-16)22-8-10-23(11-9-22)15-6-4-5-7-19-17(15)24/h12,14-15H,3-11H2,1-2H3,(H,19,24)(H,20,21,25). The van der Waals surface area contributed by atoms with E-state index < -0.39 is 0 Å². The van der Waals surface area contributed by atoms with E-state index in [2.05, 4.69) is 25.6 Å². The Morgan fingerprint density at radius 2 is 2.15 bits per heavy atom. The molecule has 3 heterocycles. The van der Waals surface area contributed by atoms with Crippen LogP contribution in [0.2, 0.25) is 0 Å². The highest BCUT2D eigenvalue weighted by atomic mass is 16.5. The quantitative estimate of drug-likeness (QED) is 0.811. The summed E-state index contributed by atoms with van der Waals surface area (Å²) in [5, 5.41) is 9.68. The predicted octanol–water partition coefficient (Wildman–Crippen LogP) is 0.986. The van der Waals surface area contributed by atoms with Gasteiger partial charge >= 0.3 is 0 Å². The highest BCUT2D eigenvalue weighted by molar-refractivity contribution is 5.94. The Balaban J connectivity index is 1.55. The molecule has 2 saturated heterocycles. The number of carbonyl (C=O) groups excluding carboxylic acids is 2. The van der Waals surface area contributed by atoms with Crippen LogP contribution in [0.3, 0.4) is 0 Å². The molecule has 8 heteroatoms. The molecule has 2 aliphatic rings. The van der Waals surface area contributed by atoms with Crippen LogP contribution in [-0.4, -0.2) is 71.6 Å². The van der Waals surface area contributed by atoms with Gasteiger partial charge in [0.1, 0.15) is 5.76 Å². The third-order valence-electron chi connectivity index (χ3n) is 5.31. The lowest BCUT2D eigenvalue weighted by Gasteiger charge is -2.40. The van der Waals surface area contributed by atoms with Gasteiger partial charge in [-0.25, -0.2) is 0 Å². The summed E-state index contributed by atoms with van der Waals surface area (Å²) in [6.45, 7) is 7.79. The largest absolute Gasteiger partial charge is 0.360 e. The summed E-state index contributed by atoms with van der Waals surface area (Å²) < 4.78 is 5.00. The lowest BCUT2D eigenvalue weighted by Crippen LogP contribution is -2.57. The van der Waals surface area contributed by atoms with E-state index >= 15 is 0 Å². The van der Waals surface area contributed by atoms with Gasteiger partial charge in [-0.15, -0.1) is 0 Å². The third-order valence-corrected chi connectivity index (χ3v) is 5.31. The Morgan fingerprint density at radius 3 is 2.81 bits per heavy atom. The van der Waals surface area contributed by atoms with Crippen LogP contribution in [-0.2, 0) is 9.59 Å². The second kappa shape index (κ2) is 8.64. The van der Waals surface area contributed by atoms with Crippen molar-refractivity contribution in [2.45, 2.75) is 51.6 Å². The van der Waals surface area contributed by atoms with Crippen molar-refractivity contribution in [1.82, 2.24) is 20.3 Å². The van der Waals surface area contributed by atoms with Crippen molar-refractivity contribution in [2.75, 3.05) is 38.0 Å². The first-order chi connectivity index (χ1) is 12.6. The third kappa shape index (κ3) is 4.42. The average Bonchev–Trinajstić information content (AvgIpc) is 2.91. The van der Waals surface area contributed by atoms with Gasteiger partial charge in [0.25, 0.3) is 0 Å². The lowest BCUT2D eigenvalue weighted by atomic mass is 10.1. The van der Waals surface area contributed by atoms with Crippen LogP contribution in [0.15, 0.2) is 10.6 Å². The molecule has 2 aliphatic heterocycles. The van der Waals surface area contributed by atoms with E-state index in [1.807, 2.05) is 6.92 Å². The highest BCUT2D eigenvalue weighted by Gasteiger charge is 2.33. The molecule has 2 unspecified atom stereocenters. The lowest BCUT2D eigenvalue weighted by molar-refractivity contribution is -0.128. The average molecular weight is 363 g/mol. The number of rotatable bonds is 5. The summed E-state index contributed by atoms with van der Waals surface area (Å²) >= 11 is 0. The maximum absolute atomic E-state index is 12.6. The molecule has 0 saturated carbocycles. The van der Waals surface area contributed by atoms with Gasteiger partial charge in [-0.1, -0.05) is 12.1 Å². The number of carbonyl (C=O) groups is 2. The van der Waals surface area contributed by atoms with Gasteiger partial charge in [0.2, 0.25) is 11.8 Å². The molecule has 0 aromatic carbocycles. The smallest absolute Gasteiger partial charge is 0.242 e. The van der Waals surface area contributed by atoms with E-state index in [0.717, 1.165) is 58.4 Å². The first-order valence-electron chi connectivity index (χ1n) is 9.58. The molecule has 0 spiro atoms. The fourth-order valence-electron chi connectivity index (χ4n) is 3.88. The summed E-state index contributed by atoms with van der Waals surface area (Å²) in [7, 11) is 0. The minimum Gasteiger partial charge on any atom is -0.360 e. The van der Waals surface area contributed by atoms with E-state index in [4.69, 9.17) is 4.52 Å². The molecule has 2 atom stereocenters. The minimum atomic E-state index is -0.197. The van der Waals surface area contributed by atoms with E-state index in [1.165, 1.54) is 0 Å². The molecule has 26 heavy (non-hydrogen) atoms. The van der Waals surface area contributed by atoms with Gasteiger partial charge in [-0.05, 0) is 32.6 Å². The normalized spacial score (nSPS) is 23.9. The van der Waals surface area contributed by atoms with E-state index in [-0.39, 0.29) is 23.9 Å². The number of aryl methyl sites for hydroxylation is 1. The van der Waals surface area contributed by atoms with Gasteiger partial charge in [-0.2, -0.15) is 0 Å². The van der Waals surface area contributed by atoms with Crippen LogP contribution in [0, 0.1) is 6.92 Å². The molecule has 0 bridgehead atoms. The number of anilines is 1. The monoisotopic (exact) mass is 363 g/mol. The fourth-order valence-corrected chi connectivity index (χ4v) is 3.88. The zero-order valence-electron chi connectivity index (χ0n) is 15.7. The number of hydrogen-bond acceptors (Lipinski definition) is 6. The van der Waals surface area contributed by atoms with Gasteiger partial charge in [0.15, 0.2) is 5.82 Å². The van der Waals surface area contributed by atoms with E-state index in [0.29, 0.717) is 11.6 Å². The zero-order chi connectivity index (χ0) is 18.5. The number of aromatic nitrogens is 1. The van der Waals surface area contributed by atoms with E-state index in [9.17, 15) is 9.59 Å². The SMILES string of the molecule is CCC(C(=O)Nc1cc(C)on1)N1CCN(C2CCCCNC2=O)CC1. The maximum atomic E-state index is 12.6. The molecule has 0 radical (unpaired) electrons. The Hall–Kier alpha value is -1.93. The summed E-state index contributed by atoms with van der Waals surface area (Å²) in [6, 6.07) is 1.50. The number of nitrogens with one attached hydrogen (secondary N) is 2. The Kier molecular flexibility index (Phi) is 6.26. The highest BCUT2D eigenvalue weighted by Crippen LogP contribution is 2.18. The first kappa shape index (κ1) is 18.8. The molecule has 2 N–H and O–H groups in total. The van der Waals surface area contributed by atoms with Crippen LogP contribution >= 0.6 is 0 Å². The number of amides is 2. The minimum absolute atomic E-state index is 0.0216. The first-order valence-corrected chi connectivity index (χ1v) is 9.58. The molecule has 1 aromatic heterocycles. The van der Waals surface area contributed by atoms with Crippen LogP contribution < -0.4 is 10.6 Å². The molecule has 1 aromatic rings. The van der Waals surface area contributed by atoms with Crippen molar-refractivity contribution in [3.05, 3.63) is 11.8 Å². The van der Waals surface area contributed by atoms with Crippen molar-refractivity contribution in [2.24, 2.45) is 0 Å². The molecular formula is C18H29N5O3. The van der Waals surface area contributed by atoms with E-state index in [1.54, 1.807) is 13.0 Å². The van der Waals surface area contributed by atoms with Gasteiger partial charge in [0.05, 0.1) is 12.1 Å². The Morgan fingerprint density at radius 1 is 1.38 bits per heavy atom. The van der Waals surface area contributed by atoms with Crippen LogP contribution in [0.1, 0.15) is 38.4 Å². The zero-order valence-corrected chi connectivity index (χ0v) is 15.7. The Labute approximate surface area is 154 Å². The molecule has 0 aliphatic carbocycles. The Bertz CT molecular complexity index is 624. The van der Waals surface area contributed by atoms with Crippen molar-refractivity contribution >= 4 is 17.6 Å². The maximum Gasteiger partial charge on any atom is 0.242 e. The van der Waals surface area contributed by atoms with Crippen molar-refractivity contribution < 1.29 is 14.1 Å². The van der Waals surface area contributed by atoms with Crippen LogP contribution in [0.4, 0.5) is 5.82 Å². The summed E-state index contributed by atoms with van der Waals surface area (Å²) in [6.07, 6.45) is 3.80. The summed E-state index contributed by atoms with van der Waals surface area (Å²) in [5.41, 5.74) is 0. The molecular weight excluding hydrogens is 334 g/mol. The van der Waals surface area contributed by atoms with Crippen LogP contribution in [0.25, 0.3) is 0 Å². The fraction of sp³-hybridized carbons (Fsp3) is 0.722. The van der Waals surface area contributed by atoms with Gasteiger partial charge in [-0.3, -0.25) is 19.4 Å². The van der Waals surface area contributed by atoms with Crippen molar-refractivity contribution in [3.63, 3.8) is 0 Å². The molecule has 8 nitrogen and oxygen atoms in total. The van der Waals surface area contributed by atoms with Crippen LogP contribution in [0.5, 0.6) is 0 Å². The number of nitrogens with zero attached hydrogens (tertiary/aromatic N) is 3. The topological polar surface area (TPSA) is 90.7 Å². The molecule has 3 rings (SSSR count). The molecule has 144 valence electrons.